The summed E-state index contributed by atoms with van der Waals surface area (Å²) in [4.78, 5) is 0. The summed E-state index contributed by atoms with van der Waals surface area (Å²) in [6.45, 7) is -13.0. The Morgan fingerprint density at radius 2 is 0.362 bits per heavy atom. The molecule has 746 valence electrons. The van der Waals surface area contributed by atoms with Crippen molar-refractivity contribution < 1.29 is 322 Å². The number of ether oxygens (including phenoxy) is 10. The average Bonchev–Trinajstić information content (AvgIpc) is 0.737. The molecule has 5 aliphatic heterocycles. The maximum Gasteiger partial charge on any atom is 0.397 e. The fourth-order valence-corrected chi connectivity index (χ4v) is 18.2. The molecule has 74 nitrogen and oxygen atoms in total. The minimum atomic E-state index is -7.12. The predicted molar refractivity (Wildman–Crippen MR) is 362 cm³/mol. The van der Waals surface area contributed by atoms with Crippen LogP contribution in [-0.2, 0) is 287 Å². The van der Waals surface area contributed by atoms with Crippen LogP contribution < -0.4 is 0 Å². The van der Waals surface area contributed by atoms with Crippen molar-refractivity contribution in [3.63, 3.8) is 0 Å². The van der Waals surface area contributed by atoms with Crippen LogP contribution in [0.5, 0.6) is 0 Å². The van der Waals surface area contributed by atoms with Gasteiger partial charge in [0.2, 0.25) is 0 Å². The van der Waals surface area contributed by atoms with Crippen LogP contribution in [0.1, 0.15) is 5.56 Å². The summed E-state index contributed by atoms with van der Waals surface area (Å²) in [5.74, 6) is 0. The van der Waals surface area contributed by atoms with Crippen LogP contribution in [-0.4, -0.2) is 394 Å². The van der Waals surface area contributed by atoms with E-state index in [2.05, 4.69) is 66.9 Å². The molecule has 0 aliphatic carbocycles. The lowest BCUT2D eigenvalue weighted by molar-refractivity contribution is -0.388. The van der Waals surface area contributed by atoms with Gasteiger partial charge in [-0.05, 0) is 5.56 Å². The summed E-state index contributed by atoms with van der Waals surface area (Å²) in [5, 5.41) is 0. The smallest absolute Gasteiger partial charge is 0.345 e. The van der Waals surface area contributed by atoms with Crippen molar-refractivity contribution in [2.24, 2.45) is 0 Å². The summed E-state index contributed by atoms with van der Waals surface area (Å²) in [7, 11) is -106. The van der Waals surface area contributed by atoms with Crippen molar-refractivity contribution in [1.82, 2.24) is 0 Å². The second-order valence-corrected chi connectivity index (χ2v) is 40.8. The van der Waals surface area contributed by atoms with E-state index in [0.29, 0.717) is 0 Å². The summed E-state index contributed by atoms with van der Waals surface area (Å²) in [5.41, 5.74) is -0.163. The third-order valence-electron chi connectivity index (χ3n) is 14.8. The third-order valence-corrected chi connectivity index (χ3v) is 22.1. The molecule has 16 N–H and O–H groups in total. The maximum atomic E-state index is 13.4. The Balaban J connectivity index is 1.80. The van der Waals surface area contributed by atoms with Gasteiger partial charge in [0.1, 0.15) is 97.7 Å². The molecule has 90 heteroatoms. The van der Waals surface area contributed by atoms with Gasteiger partial charge in [0.25, 0.3) is 0 Å². The van der Waals surface area contributed by atoms with Crippen LogP contribution in [0.25, 0.3) is 0 Å². The zero-order chi connectivity index (χ0) is 97.2. The molecule has 0 radical (unpaired) electrons. The Hall–Kier alpha value is -3.26. The normalized spacial score (nSPS) is 32.1. The van der Waals surface area contributed by atoms with Crippen molar-refractivity contribution in [3.05, 3.63) is 35.9 Å². The second kappa shape index (κ2) is 42.2. The molecule has 0 saturated carbocycles. The van der Waals surface area contributed by atoms with E-state index in [1.807, 2.05) is 0 Å². The SMILES string of the molecule is O=S(=O)(O)OC[C@H]1O[C@H](OCc2ccccc2)[C@@H](O[C@H]2O[C@H](COS(=O)(=O)O)[C@@H](OS(=O)(=O)O)[C@H](O[C@H]3O[C@H](COS(=O)(=O)O)[C@@H](OS(=O)(=O)O)[C@H](O[C@H]4O[C@H](COS(=O)(=O)O)[C@@H](OS(=O)(=O)O)[C@H](O[C@H]5O[C@H](COS(=O)(=O)O)[C@@H](OS(=O)(=O)O)[C@H](OS(=O)(=O)O)[C@@H]5OS(=O)(=O)O)[C@@H]4OS(=O)(=O)O)[C@@H]3OS(=O)(=O)O)[C@@H]2OS(=O)(=O)O)[C@@H](OS(=O)(=O)O)[C@@H]1OS(=O)(=O)O. The van der Waals surface area contributed by atoms with E-state index >= 15 is 0 Å². The minimum Gasteiger partial charge on any atom is -0.345 e. The molecule has 5 saturated heterocycles. The van der Waals surface area contributed by atoms with Crippen LogP contribution in [0, 0.1) is 0 Å². The molecule has 5 aliphatic rings. The highest BCUT2D eigenvalue weighted by molar-refractivity contribution is 7.84. The van der Waals surface area contributed by atoms with Crippen molar-refractivity contribution in [2.75, 3.05) is 33.0 Å². The molecule has 0 bridgehead atoms. The molecular weight excluding hydrogens is 2140 g/mol. The standard InChI is InChI=1S/C37H58O74S16/c38-112(39,40)87-7-13-18(101-117(53,54)55)23(97-35-30(109-125(77,78)79)24(19(102-118(56,57)58)14(94-35)8-88-113(41,42)43)99-37-32(111-127(83,84)85)27(107-123(71,72)73)22(105-121(65,66)67)17(96-37)11-91-116(50,51)52)29(108-124(74,75)76)34(93-13)98-25-20(103-119(59,60)61)15(9-89-114(44,45)46)95-36(31(25)110-126(80,81)82)100-28-26(106-122(68,69)70)21(104-120(62,63)64)16(10-90-115(47,48)49)92-33(28)86-6-12-4-2-1-3-5-12/h1-5,13-37H,6-11H2,(H,38,39,40)(H,41,42,43)(H,44,45,46)(H,47,48,49)(H,50,51,52)(H,53,54,55)(H,56,57,58)(H,59,60,61)(H,62,63,64)(H,65,66,67)(H,68,69,70)(H,71,72,73)(H,74,75,76)(H,77,78,79)(H,80,81,82)(H,83,84,85)/t13-,14-,15-,16-,17-,18-,19-,20-,21-,22-,23+,24+,25+,26+,27+,28+,29+,30+,31+,32+,33+,34-,35-,36-,37-/m1/s1. The fraction of sp³-hybridized carbons (Fsp3) is 0.838. The molecule has 0 aromatic heterocycles. The van der Waals surface area contributed by atoms with Crippen LogP contribution >= 0.6 is 0 Å². The van der Waals surface area contributed by atoms with E-state index < -0.39 is 360 Å². The molecule has 5 fully saturated rings. The number of rotatable bonds is 48. The van der Waals surface area contributed by atoms with Crippen molar-refractivity contribution in [3.8, 4) is 0 Å². The lowest BCUT2D eigenvalue weighted by Gasteiger charge is -2.51. The van der Waals surface area contributed by atoms with E-state index in [-0.39, 0.29) is 5.56 Å². The first-order valence-corrected chi connectivity index (χ1v) is 52.5. The molecular formula is C37H58O74S16. The molecule has 0 amide bonds. The van der Waals surface area contributed by atoms with Crippen LogP contribution in [0.4, 0.5) is 0 Å². The minimum absolute atomic E-state index is 0.163. The Morgan fingerprint density at radius 1 is 0.197 bits per heavy atom. The summed E-state index contributed by atoms with van der Waals surface area (Å²) >= 11 is 0. The van der Waals surface area contributed by atoms with Crippen molar-refractivity contribution in [1.29, 1.82) is 0 Å². The van der Waals surface area contributed by atoms with Gasteiger partial charge in [-0.15, -0.1) is 0 Å². The number of hydrogen-bond donors (Lipinski definition) is 16. The Labute approximate surface area is 712 Å². The molecule has 6 rings (SSSR count). The molecule has 5 heterocycles. The Kier molecular flexibility index (Phi) is 37.3. The third kappa shape index (κ3) is 40.3. The fourth-order valence-electron chi connectivity index (χ4n) is 11.1. The zero-order valence-corrected chi connectivity index (χ0v) is 72.5. The van der Waals surface area contributed by atoms with Gasteiger partial charge in [-0.1, -0.05) is 30.3 Å². The van der Waals surface area contributed by atoms with Crippen LogP contribution in [0.15, 0.2) is 30.3 Å². The first-order valence-electron chi connectivity index (χ1n) is 30.7. The quantitative estimate of drug-likeness (QED) is 0.0269. The predicted octanol–water partition coefficient (Wildman–Crippen LogP) is -12.5. The highest BCUT2D eigenvalue weighted by Gasteiger charge is 2.65. The van der Waals surface area contributed by atoms with E-state index in [4.69, 9.17) is 47.4 Å². The van der Waals surface area contributed by atoms with Gasteiger partial charge in [0.15, 0.2) is 55.9 Å². The Morgan fingerprint density at radius 3 is 0.567 bits per heavy atom. The van der Waals surface area contributed by atoms with E-state index in [1.165, 1.54) is 18.2 Å². The lowest BCUT2D eigenvalue weighted by Crippen LogP contribution is -2.70. The average molecular weight is 2200 g/mol. The van der Waals surface area contributed by atoms with E-state index in [1.54, 1.807) is 0 Å². The van der Waals surface area contributed by atoms with Gasteiger partial charge in [0.05, 0.1) is 39.6 Å². The zero-order valence-electron chi connectivity index (χ0n) is 59.4. The van der Waals surface area contributed by atoms with Crippen LogP contribution in [0.2, 0.25) is 0 Å². The van der Waals surface area contributed by atoms with Gasteiger partial charge in [-0.3, -0.25) is 72.8 Å². The number of benzene rings is 1. The van der Waals surface area contributed by atoms with E-state index in [9.17, 15) is 208 Å². The van der Waals surface area contributed by atoms with Crippen molar-refractivity contribution in [2.45, 2.75) is 160 Å². The molecule has 1 aromatic carbocycles. The summed E-state index contributed by atoms with van der Waals surface area (Å²) < 4.78 is 688. The van der Waals surface area contributed by atoms with Gasteiger partial charge < -0.3 is 47.4 Å². The molecule has 25 atom stereocenters. The topological polar surface area (TPSA) is 1110 Å². The number of hydrogen-bond acceptors (Lipinski definition) is 58. The second-order valence-electron chi connectivity index (χ2n) is 23.8. The summed E-state index contributed by atoms with van der Waals surface area (Å²) in [6, 6.07) is 5.85. The van der Waals surface area contributed by atoms with Crippen LogP contribution in [0.3, 0.4) is 0 Å². The van der Waals surface area contributed by atoms with Gasteiger partial charge in [-0.25, -0.2) is 66.9 Å². The maximum absolute atomic E-state index is 13.4. The first kappa shape index (κ1) is 112. The lowest BCUT2D eigenvalue weighted by atomic mass is 9.95. The molecule has 1 aromatic rings. The first-order chi connectivity index (χ1) is 56.8. The van der Waals surface area contributed by atoms with Crippen molar-refractivity contribution >= 4 is 166 Å². The van der Waals surface area contributed by atoms with Gasteiger partial charge in [-0.2, -0.15) is 135 Å². The highest BCUT2D eigenvalue weighted by Crippen LogP contribution is 2.44. The Bertz CT molecular complexity index is 5960. The molecule has 0 spiro atoms. The summed E-state index contributed by atoms with van der Waals surface area (Å²) in [6.07, 6.45) is -95.3. The van der Waals surface area contributed by atoms with Gasteiger partial charge in [0, 0.05) is 0 Å². The van der Waals surface area contributed by atoms with E-state index in [0.717, 1.165) is 12.1 Å². The highest BCUT2D eigenvalue weighted by atomic mass is 32.3. The monoisotopic (exact) mass is 2200 g/mol. The molecule has 0 unspecified atom stereocenters. The molecule has 127 heavy (non-hydrogen) atoms. The largest absolute Gasteiger partial charge is 0.397 e. The van der Waals surface area contributed by atoms with Gasteiger partial charge >= 0.3 is 166 Å².